The fraction of sp³-hybridized carbons (Fsp3) is 0.556. The molecular formula is C27H33N10O9P2S2+. The molecule has 0 aromatic carbocycles. The number of H-pyrrole nitrogens is 1. The number of nitriles is 1. The summed E-state index contributed by atoms with van der Waals surface area (Å²) in [6, 6.07) is 1.94. The van der Waals surface area contributed by atoms with E-state index in [1.165, 1.54) is 17.2 Å². The highest BCUT2D eigenvalue weighted by Crippen LogP contribution is 2.65. The smallest absolute Gasteiger partial charge is 0.349 e. The lowest BCUT2D eigenvalue weighted by molar-refractivity contribution is -0.118. The Hall–Kier alpha value is -2.99. The zero-order chi connectivity index (χ0) is 35.2. The number of nitrogens with zero attached hydrogens (tertiary/aromatic N) is 8. The van der Waals surface area contributed by atoms with Gasteiger partial charge in [0.1, 0.15) is 17.7 Å². The van der Waals surface area contributed by atoms with E-state index in [1.807, 2.05) is 10.6 Å². The van der Waals surface area contributed by atoms with Crippen LogP contribution in [0.1, 0.15) is 57.6 Å². The Labute approximate surface area is 295 Å². The minimum Gasteiger partial charge on any atom is -0.349 e. The monoisotopic (exact) mass is 767 g/mol. The van der Waals surface area contributed by atoms with Gasteiger partial charge in [-0.1, -0.05) is 13.8 Å². The minimum atomic E-state index is -3.87. The molecule has 266 valence electrons. The Morgan fingerprint density at radius 3 is 2.90 bits per heavy atom. The molecule has 50 heavy (non-hydrogen) atoms. The van der Waals surface area contributed by atoms with Crippen LogP contribution in [0.4, 0.5) is 5.95 Å². The molecule has 0 radical (unpaired) electrons. The third-order valence-corrected chi connectivity index (χ3v) is 12.3. The van der Waals surface area contributed by atoms with Gasteiger partial charge in [-0.2, -0.15) is 24.2 Å². The second-order valence-corrected chi connectivity index (χ2v) is 18.1. The van der Waals surface area contributed by atoms with E-state index in [4.69, 9.17) is 44.4 Å². The van der Waals surface area contributed by atoms with E-state index in [0.717, 1.165) is 0 Å². The summed E-state index contributed by atoms with van der Waals surface area (Å²) in [7, 11) is -3.87. The van der Waals surface area contributed by atoms with E-state index in [2.05, 4.69) is 47.5 Å². The summed E-state index contributed by atoms with van der Waals surface area (Å²) in [5, 5.41) is 11.7. The Bertz CT molecular complexity index is 2060. The van der Waals surface area contributed by atoms with Gasteiger partial charge in [0, 0.05) is 18.4 Å². The number of hydrogen-bond acceptors (Lipinski definition) is 17. The Morgan fingerprint density at radius 1 is 1.30 bits per heavy atom. The van der Waals surface area contributed by atoms with Crippen molar-refractivity contribution in [3.8, 4) is 6.07 Å². The van der Waals surface area contributed by atoms with Gasteiger partial charge in [-0.3, -0.25) is 24.5 Å². The highest BCUT2D eigenvalue weighted by Gasteiger charge is 2.50. The molecule has 1 saturated carbocycles. The first kappa shape index (κ1) is 35.4. The van der Waals surface area contributed by atoms with E-state index in [1.54, 1.807) is 20.0 Å². The number of hydrogen-bond donors (Lipinski definition) is 4. The largest absolute Gasteiger partial charge is 0.476 e. The van der Waals surface area contributed by atoms with Crippen molar-refractivity contribution < 1.29 is 37.0 Å². The van der Waals surface area contributed by atoms with E-state index in [-0.39, 0.29) is 73.7 Å². The zero-order valence-corrected chi connectivity index (χ0v) is 30.2. The van der Waals surface area contributed by atoms with Crippen LogP contribution in [0.2, 0.25) is 0 Å². The van der Waals surface area contributed by atoms with Crippen LogP contribution >= 0.6 is 26.1 Å². The molecule has 3 N–H and O–H groups in total. The van der Waals surface area contributed by atoms with Crippen LogP contribution in [0.15, 0.2) is 23.6 Å². The molecule has 8 rings (SSSR count). The van der Waals surface area contributed by atoms with Crippen molar-refractivity contribution in [3.05, 3.63) is 35.0 Å². The number of ether oxygens (including phenoxy) is 1. The molecule has 0 spiro atoms. The van der Waals surface area contributed by atoms with Crippen LogP contribution in [0.5, 0.6) is 0 Å². The molecule has 19 nitrogen and oxygen atoms in total. The van der Waals surface area contributed by atoms with E-state index in [9.17, 15) is 14.5 Å². The van der Waals surface area contributed by atoms with Crippen LogP contribution in [-0.2, 0) is 50.6 Å². The quantitative estimate of drug-likeness (QED) is 0.125. The summed E-state index contributed by atoms with van der Waals surface area (Å²) in [5.74, 6) is -0.344. The molecule has 1 amide bonds. The van der Waals surface area contributed by atoms with Crippen LogP contribution in [0.25, 0.3) is 22.3 Å². The molecule has 4 aromatic rings. The highest BCUT2D eigenvalue weighted by atomic mass is 32.7. The second kappa shape index (κ2) is 14.2. The first-order valence-corrected chi connectivity index (χ1v) is 20.9. The van der Waals surface area contributed by atoms with Crippen LogP contribution in [0, 0.1) is 17.2 Å². The van der Waals surface area contributed by atoms with Crippen molar-refractivity contribution in [2.45, 2.75) is 76.7 Å². The number of aromatic nitrogens is 8. The first-order valence-electron chi connectivity index (χ1n) is 15.6. The predicted octanol–water partition coefficient (Wildman–Crippen LogP) is 3.25. The summed E-state index contributed by atoms with van der Waals surface area (Å²) >= 11 is 10.2. The van der Waals surface area contributed by atoms with E-state index >= 15 is 0 Å². The number of thiol groups is 1. The van der Waals surface area contributed by atoms with Crippen LogP contribution < -0.4 is 10.9 Å². The second-order valence-electron chi connectivity index (χ2n) is 12.1. The van der Waals surface area contributed by atoms with Gasteiger partial charge >= 0.3 is 13.9 Å². The summed E-state index contributed by atoms with van der Waals surface area (Å²) in [5.41, 5.74) is 0.596. The average Bonchev–Trinajstić information content (AvgIpc) is 3.75. The van der Waals surface area contributed by atoms with E-state index < -0.39 is 37.9 Å². The molecule has 4 aromatic heterocycles. The lowest BCUT2D eigenvalue weighted by Gasteiger charge is -2.39. The Balaban J connectivity index is 1.23. The number of rotatable bonds is 6. The molecular weight excluding hydrogens is 734 g/mol. The van der Waals surface area contributed by atoms with Crippen molar-refractivity contribution in [2.24, 2.45) is 5.92 Å². The normalized spacial score (nSPS) is 30.2. The summed E-state index contributed by atoms with van der Waals surface area (Å²) in [6.45, 7) is -0.219. The first-order chi connectivity index (χ1) is 23.9. The molecule has 3 aliphatic heterocycles. The summed E-state index contributed by atoms with van der Waals surface area (Å²) < 4.78 is 40.1. The summed E-state index contributed by atoms with van der Waals surface area (Å²) in [6.07, 6.45) is 2.69. The maximum atomic E-state index is 12.9. The standard InChI is InChI=1S/C27H32N10O9P2S2/c1-14(2)24(38)34-27-33-23-21(25(39)35-27)31-13-36(23)26-19-8-17(44-26)10-43-48(50,41-5-3-4-28)45-16-6-15(7-16)37-20(11-42-47(40,49)46-19)32-18-9-29-12-30-22(18)37/h9,12-17,19,26,40,49H,3,5-8,10-11H2,1-2H3,(H-,33,34,35,38,39)/p+1/t15?,16?,17-,19+,26+,47?,48?/m0/s1. The molecule has 1 saturated heterocycles. The SMILES string of the molecule is CC(C)C(=O)Nc1nc2c(ncn2[C@@H]2O[C@@H]3COP(=S)(OCCC#N)OC4CC(C4)n4c(nc5cncnc54)CO[P+](O)(S)O[C@@H]2C3)c(=O)[nH]1. The Kier molecular flexibility index (Phi) is 10.1. The number of nitrogens with one attached hydrogen (secondary N) is 2. The van der Waals surface area contributed by atoms with Crippen molar-refractivity contribution >= 4 is 72.1 Å². The van der Waals surface area contributed by atoms with Crippen LogP contribution in [0.3, 0.4) is 0 Å². The third-order valence-electron chi connectivity index (χ3n) is 8.28. The number of anilines is 1. The fourth-order valence-electron chi connectivity index (χ4n) is 5.82. The highest BCUT2D eigenvalue weighted by molar-refractivity contribution is 8.47. The van der Waals surface area contributed by atoms with Crippen molar-refractivity contribution in [1.29, 1.82) is 5.26 Å². The number of fused-ring (bicyclic) bond motifs is 8. The summed E-state index contributed by atoms with van der Waals surface area (Å²) in [4.78, 5) is 61.1. The van der Waals surface area contributed by atoms with Gasteiger partial charge < -0.3 is 22.9 Å². The molecule has 2 fully saturated rings. The molecule has 23 heteroatoms. The zero-order valence-electron chi connectivity index (χ0n) is 26.7. The van der Waals surface area contributed by atoms with Crippen molar-refractivity contribution in [2.75, 3.05) is 18.5 Å². The lowest BCUT2D eigenvalue weighted by Crippen LogP contribution is -2.34. The van der Waals surface area contributed by atoms with Crippen molar-refractivity contribution in [3.63, 3.8) is 0 Å². The van der Waals surface area contributed by atoms with Gasteiger partial charge in [0.15, 0.2) is 35.7 Å². The molecule has 7 heterocycles. The molecule has 4 bridgehead atoms. The van der Waals surface area contributed by atoms with E-state index in [0.29, 0.717) is 29.8 Å². The Morgan fingerprint density at radius 2 is 2.12 bits per heavy atom. The molecule has 1 aliphatic carbocycles. The maximum absolute atomic E-state index is 12.9. The van der Waals surface area contributed by atoms with Gasteiger partial charge in [-0.05, 0) is 24.6 Å². The van der Waals surface area contributed by atoms with Gasteiger partial charge in [-0.25, -0.2) is 19.9 Å². The lowest BCUT2D eigenvalue weighted by atomic mass is 9.89. The predicted molar refractivity (Wildman–Crippen MR) is 183 cm³/mol. The average molecular weight is 768 g/mol. The number of carbonyl (C=O) groups excluding carboxylic acids is 1. The molecule has 5 atom stereocenters. The molecule has 4 aliphatic rings. The minimum absolute atomic E-state index is 0.0163. The van der Waals surface area contributed by atoms with Crippen LogP contribution in [-0.4, -0.2) is 81.4 Å². The van der Waals surface area contributed by atoms with Gasteiger partial charge in [0.2, 0.25) is 11.9 Å². The fourth-order valence-corrected chi connectivity index (χ4v) is 9.41. The number of aromatic amines is 1. The van der Waals surface area contributed by atoms with Gasteiger partial charge in [0.25, 0.3) is 5.56 Å². The number of carbonyl (C=O) groups is 1. The van der Waals surface area contributed by atoms with Gasteiger partial charge in [0.05, 0.1) is 62.7 Å². The number of imidazole rings is 2. The topological polar surface area (TPSA) is 236 Å². The number of amides is 1. The maximum Gasteiger partial charge on any atom is 0.476 e. The van der Waals surface area contributed by atoms with Crippen molar-refractivity contribution in [1.82, 2.24) is 39.0 Å². The third kappa shape index (κ3) is 7.34. The van der Waals surface area contributed by atoms with Gasteiger partial charge in [-0.15, -0.1) is 0 Å². The molecule has 2 unspecified atom stereocenters.